The summed E-state index contributed by atoms with van der Waals surface area (Å²) in [7, 11) is 0. The highest BCUT2D eigenvalue weighted by atomic mass is 35.5. The number of hydrogen-bond acceptors (Lipinski definition) is 5. The summed E-state index contributed by atoms with van der Waals surface area (Å²) in [6.45, 7) is -0.563. The molecule has 128 valence electrons. The fourth-order valence-corrected chi connectivity index (χ4v) is 3.06. The summed E-state index contributed by atoms with van der Waals surface area (Å²) in [6.07, 6.45) is 2.87. The van der Waals surface area contributed by atoms with Gasteiger partial charge in [-0.2, -0.15) is 10.2 Å². The SMILES string of the molecule is N#CC1(NC(=O)COC(=O)c2[nH+]c(Cl)c(Cl)c(N)c2Cl)CCCC1. The number of pyridine rings is 1. The molecular formula is C14H14Cl3N4O3+. The van der Waals surface area contributed by atoms with Crippen molar-refractivity contribution in [1.82, 2.24) is 5.32 Å². The van der Waals surface area contributed by atoms with Crippen molar-refractivity contribution in [2.24, 2.45) is 0 Å². The normalized spacial score (nSPS) is 15.6. The molecule has 1 aromatic heterocycles. The number of halogens is 3. The van der Waals surface area contributed by atoms with E-state index >= 15 is 0 Å². The Morgan fingerprint density at radius 1 is 1.29 bits per heavy atom. The summed E-state index contributed by atoms with van der Waals surface area (Å²) in [4.78, 5) is 26.4. The zero-order chi connectivity index (χ0) is 17.9. The number of nitrogens with two attached hydrogens (primary N) is 1. The Morgan fingerprint density at radius 3 is 2.50 bits per heavy atom. The van der Waals surface area contributed by atoms with Gasteiger partial charge in [-0.1, -0.05) is 23.2 Å². The molecule has 1 heterocycles. The molecular weight excluding hydrogens is 379 g/mol. The number of rotatable bonds is 4. The Kier molecular flexibility index (Phi) is 5.75. The minimum atomic E-state index is -0.919. The number of aromatic amines is 1. The van der Waals surface area contributed by atoms with Gasteiger partial charge in [-0.15, -0.1) is 0 Å². The number of anilines is 1. The van der Waals surface area contributed by atoms with Gasteiger partial charge >= 0.3 is 11.7 Å². The van der Waals surface area contributed by atoms with E-state index in [4.69, 9.17) is 45.3 Å². The number of carbonyl (C=O) groups is 2. The number of esters is 1. The van der Waals surface area contributed by atoms with Crippen molar-refractivity contribution >= 4 is 52.4 Å². The van der Waals surface area contributed by atoms with Crippen LogP contribution in [0, 0.1) is 11.3 Å². The maximum absolute atomic E-state index is 12.0. The van der Waals surface area contributed by atoms with Crippen molar-refractivity contribution in [3.05, 3.63) is 20.9 Å². The number of ether oxygens (including phenoxy) is 1. The molecule has 0 unspecified atom stereocenters. The molecule has 0 spiro atoms. The largest absolute Gasteiger partial charge is 0.448 e. The van der Waals surface area contributed by atoms with E-state index in [9.17, 15) is 14.9 Å². The lowest BCUT2D eigenvalue weighted by Crippen LogP contribution is -2.46. The lowest BCUT2D eigenvalue weighted by atomic mass is 10.00. The highest BCUT2D eigenvalue weighted by molar-refractivity contribution is 6.45. The molecule has 0 bridgehead atoms. The highest BCUT2D eigenvalue weighted by Crippen LogP contribution is 2.32. The van der Waals surface area contributed by atoms with Crippen LogP contribution in [-0.2, 0) is 9.53 Å². The fourth-order valence-electron chi connectivity index (χ4n) is 2.46. The zero-order valence-corrected chi connectivity index (χ0v) is 14.7. The Labute approximate surface area is 153 Å². The number of nitrogens with one attached hydrogen (secondary N) is 2. The summed E-state index contributed by atoms with van der Waals surface area (Å²) >= 11 is 17.5. The molecule has 4 N–H and O–H groups in total. The Balaban J connectivity index is 2.01. The molecule has 1 saturated carbocycles. The third-order valence-corrected chi connectivity index (χ3v) is 4.87. The van der Waals surface area contributed by atoms with Crippen molar-refractivity contribution in [2.45, 2.75) is 31.2 Å². The topological polar surface area (TPSA) is 119 Å². The van der Waals surface area contributed by atoms with Crippen LogP contribution in [0.4, 0.5) is 5.69 Å². The van der Waals surface area contributed by atoms with Gasteiger partial charge in [-0.3, -0.25) is 4.79 Å². The van der Waals surface area contributed by atoms with E-state index in [1.807, 2.05) is 0 Å². The number of aromatic nitrogens is 1. The number of nitrogens with zero attached hydrogens (tertiary/aromatic N) is 1. The van der Waals surface area contributed by atoms with Crippen LogP contribution in [0.1, 0.15) is 36.2 Å². The van der Waals surface area contributed by atoms with Crippen LogP contribution in [0.15, 0.2) is 0 Å². The predicted molar refractivity (Wildman–Crippen MR) is 87.7 cm³/mol. The molecule has 0 saturated heterocycles. The first-order valence-corrected chi connectivity index (χ1v) is 8.17. The van der Waals surface area contributed by atoms with Crippen LogP contribution >= 0.6 is 34.8 Å². The van der Waals surface area contributed by atoms with Crippen molar-refractivity contribution in [1.29, 1.82) is 5.26 Å². The summed E-state index contributed by atoms with van der Waals surface area (Å²) in [6, 6.07) is 2.11. The van der Waals surface area contributed by atoms with E-state index in [0.29, 0.717) is 12.8 Å². The molecule has 1 aliphatic carbocycles. The third-order valence-electron chi connectivity index (χ3n) is 3.71. The van der Waals surface area contributed by atoms with Crippen LogP contribution in [0.25, 0.3) is 0 Å². The minimum absolute atomic E-state index is 0.0202. The van der Waals surface area contributed by atoms with E-state index in [0.717, 1.165) is 12.8 Å². The van der Waals surface area contributed by atoms with Crippen molar-refractivity contribution in [3.8, 4) is 6.07 Å². The number of carbonyl (C=O) groups excluding carboxylic acids is 2. The average Bonchev–Trinajstić information content (AvgIpc) is 3.03. The second-order valence-corrected chi connectivity index (χ2v) is 6.51. The van der Waals surface area contributed by atoms with Gasteiger partial charge in [0.25, 0.3) is 11.1 Å². The summed E-state index contributed by atoms with van der Waals surface area (Å²) in [5.74, 6) is -1.49. The van der Waals surface area contributed by atoms with Crippen LogP contribution < -0.4 is 16.0 Å². The molecule has 0 atom stereocenters. The molecule has 24 heavy (non-hydrogen) atoms. The van der Waals surface area contributed by atoms with E-state index in [1.165, 1.54) is 0 Å². The first-order valence-electron chi connectivity index (χ1n) is 7.04. The molecule has 1 fully saturated rings. The van der Waals surface area contributed by atoms with E-state index < -0.39 is 24.0 Å². The zero-order valence-electron chi connectivity index (χ0n) is 12.4. The molecule has 7 nitrogen and oxygen atoms in total. The van der Waals surface area contributed by atoms with Gasteiger partial charge in [-0.05, 0) is 37.3 Å². The van der Waals surface area contributed by atoms with Gasteiger partial charge in [0.2, 0.25) is 0 Å². The lowest BCUT2D eigenvalue weighted by Gasteiger charge is -2.21. The molecule has 0 aliphatic heterocycles. The van der Waals surface area contributed by atoms with Gasteiger partial charge < -0.3 is 15.8 Å². The standard InChI is InChI=1S/C14H13Cl3N4O3/c15-8-10(19)9(16)12(17)20-11(8)13(23)24-5-7(22)21-14(6-18)3-1-2-4-14/h1-5H2,(H2,19,20)(H,21,22)/p+1. The first-order chi connectivity index (χ1) is 11.3. The smallest absolute Gasteiger partial charge is 0.405 e. The molecule has 10 heteroatoms. The molecule has 1 amide bonds. The molecule has 1 aromatic rings. The van der Waals surface area contributed by atoms with Gasteiger partial charge in [0, 0.05) is 0 Å². The average molecular weight is 393 g/mol. The van der Waals surface area contributed by atoms with Gasteiger partial charge in [0.05, 0.1) is 11.8 Å². The lowest BCUT2D eigenvalue weighted by molar-refractivity contribution is -0.380. The van der Waals surface area contributed by atoms with Crippen LogP contribution in [-0.4, -0.2) is 24.0 Å². The van der Waals surface area contributed by atoms with E-state index in [-0.39, 0.29) is 26.6 Å². The quantitative estimate of drug-likeness (QED) is 0.601. The number of amides is 1. The van der Waals surface area contributed by atoms with Crippen LogP contribution in [0.2, 0.25) is 15.2 Å². The fraction of sp³-hybridized carbons (Fsp3) is 0.429. The summed E-state index contributed by atoms with van der Waals surface area (Å²) in [5.41, 5.74) is 4.45. The summed E-state index contributed by atoms with van der Waals surface area (Å²) in [5, 5.41) is 11.6. The Morgan fingerprint density at radius 2 is 1.92 bits per heavy atom. The molecule has 1 aliphatic rings. The third kappa shape index (κ3) is 3.83. The van der Waals surface area contributed by atoms with E-state index in [2.05, 4.69) is 16.4 Å². The second kappa shape index (κ2) is 7.43. The predicted octanol–water partition coefficient (Wildman–Crippen LogP) is 2.15. The molecule has 0 aromatic carbocycles. The Hall–Kier alpha value is -1.75. The van der Waals surface area contributed by atoms with Crippen LogP contribution in [0.5, 0.6) is 0 Å². The van der Waals surface area contributed by atoms with Gasteiger partial charge in [-0.25, -0.2) is 4.79 Å². The van der Waals surface area contributed by atoms with Crippen molar-refractivity contribution in [2.75, 3.05) is 12.3 Å². The maximum Gasteiger partial charge on any atom is 0.405 e. The molecule has 2 rings (SSSR count). The Bertz CT molecular complexity index is 727. The van der Waals surface area contributed by atoms with Gasteiger partial charge in [0.1, 0.15) is 15.6 Å². The van der Waals surface area contributed by atoms with E-state index in [1.54, 1.807) is 0 Å². The number of H-pyrrole nitrogens is 1. The number of hydrogen-bond donors (Lipinski definition) is 2. The molecule has 0 radical (unpaired) electrons. The van der Waals surface area contributed by atoms with Crippen molar-refractivity contribution < 1.29 is 19.3 Å². The number of nitrogen functional groups attached to an aromatic ring is 1. The monoisotopic (exact) mass is 391 g/mol. The van der Waals surface area contributed by atoms with Gasteiger partial charge in [0.15, 0.2) is 6.61 Å². The van der Waals surface area contributed by atoms with Crippen molar-refractivity contribution in [3.63, 3.8) is 0 Å². The first kappa shape index (κ1) is 18.6. The minimum Gasteiger partial charge on any atom is -0.448 e. The van der Waals surface area contributed by atoms with Crippen LogP contribution in [0.3, 0.4) is 0 Å². The maximum atomic E-state index is 12.0. The second-order valence-electron chi connectivity index (χ2n) is 5.38. The summed E-state index contributed by atoms with van der Waals surface area (Å²) < 4.78 is 4.89. The number of nitriles is 1. The highest BCUT2D eigenvalue weighted by Gasteiger charge is 2.36.